The highest BCUT2D eigenvalue weighted by molar-refractivity contribution is 6.07. The van der Waals surface area contributed by atoms with Crippen LogP contribution in [0.25, 0.3) is 22.3 Å². The van der Waals surface area contributed by atoms with E-state index in [4.69, 9.17) is 0 Å². The number of rotatable bonds is 3. The zero-order valence-corrected chi connectivity index (χ0v) is 17.5. The van der Waals surface area contributed by atoms with Crippen molar-refractivity contribution in [1.82, 2.24) is 19.7 Å². The second kappa shape index (κ2) is 8.11. The van der Waals surface area contributed by atoms with Crippen molar-refractivity contribution in [3.63, 3.8) is 0 Å². The number of nitrogens with zero attached hydrogens (tertiary/aromatic N) is 4. The fourth-order valence-corrected chi connectivity index (χ4v) is 4.12. The molecule has 4 aromatic rings. The van der Waals surface area contributed by atoms with Crippen molar-refractivity contribution in [2.75, 3.05) is 5.32 Å². The van der Waals surface area contributed by atoms with Gasteiger partial charge in [0.1, 0.15) is 17.5 Å². The van der Waals surface area contributed by atoms with Crippen molar-refractivity contribution in [2.45, 2.75) is 39.2 Å². The maximum Gasteiger partial charge on any atom is 0.257 e. The third kappa shape index (κ3) is 3.72. The summed E-state index contributed by atoms with van der Waals surface area (Å²) in [7, 11) is 0. The zero-order chi connectivity index (χ0) is 22.2. The minimum atomic E-state index is -0.423. The highest BCUT2D eigenvalue weighted by Crippen LogP contribution is 2.28. The molecule has 32 heavy (non-hydrogen) atoms. The van der Waals surface area contributed by atoms with Crippen LogP contribution in [0.5, 0.6) is 0 Å². The molecule has 0 radical (unpaired) electrons. The smallest absolute Gasteiger partial charge is 0.257 e. The van der Waals surface area contributed by atoms with E-state index >= 15 is 0 Å². The van der Waals surface area contributed by atoms with E-state index in [9.17, 15) is 13.6 Å². The summed E-state index contributed by atoms with van der Waals surface area (Å²) in [5.74, 6) is 0.153. The number of pyridine rings is 1. The summed E-state index contributed by atoms with van der Waals surface area (Å²) in [5, 5.41) is 11.9. The van der Waals surface area contributed by atoms with Crippen LogP contribution in [0.3, 0.4) is 0 Å². The quantitative estimate of drug-likeness (QED) is 0.490. The predicted molar refractivity (Wildman–Crippen MR) is 117 cm³/mol. The van der Waals surface area contributed by atoms with E-state index in [-0.39, 0.29) is 11.7 Å². The first kappa shape index (κ1) is 20.2. The SMILES string of the molecule is Cc1nc2cc(F)ccc2cc1C(=O)Nc1ccc(F)c(-c2nnc3n2CCCCC3)c1. The Bertz CT molecular complexity index is 1350. The Balaban J connectivity index is 1.46. The lowest BCUT2D eigenvalue weighted by atomic mass is 10.1. The molecule has 6 nitrogen and oxygen atoms in total. The van der Waals surface area contributed by atoms with Crippen molar-refractivity contribution in [3.8, 4) is 11.4 Å². The molecule has 1 amide bonds. The fraction of sp³-hybridized carbons (Fsp3) is 0.250. The maximum absolute atomic E-state index is 14.7. The largest absolute Gasteiger partial charge is 0.322 e. The molecular weight excluding hydrogens is 412 g/mol. The number of carbonyl (C=O) groups excluding carboxylic acids is 1. The van der Waals surface area contributed by atoms with E-state index in [1.807, 2.05) is 4.57 Å². The lowest BCUT2D eigenvalue weighted by Crippen LogP contribution is -2.14. The van der Waals surface area contributed by atoms with Crippen molar-refractivity contribution >= 4 is 22.5 Å². The number of anilines is 1. The number of halogens is 2. The molecule has 162 valence electrons. The van der Waals surface area contributed by atoms with Crippen LogP contribution in [0.2, 0.25) is 0 Å². The van der Waals surface area contributed by atoms with Gasteiger partial charge in [-0.05, 0) is 56.2 Å². The topological polar surface area (TPSA) is 72.7 Å². The molecule has 3 heterocycles. The summed E-state index contributed by atoms with van der Waals surface area (Å²) in [6, 6.07) is 10.3. The van der Waals surface area contributed by atoms with Crippen LogP contribution in [-0.2, 0) is 13.0 Å². The zero-order valence-electron chi connectivity index (χ0n) is 17.5. The molecule has 2 aromatic heterocycles. The summed E-state index contributed by atoms with van der Waals surface area (Å²) in [4.78, 5) is 17.3. The second-order valence-corrected chi connectivity index (χ2v) is 8.01. The number of nitrogens with one attached hydrogen (secondary N) is 1. The number of hydrogen-bond donors (Lipinski definition) is 1. The van der Waals surface area contributed by atoms with Gasteiger partial charge in [0.2, 0.25) is 0 Å². The van der Waals surface area contributed by atoms with E-state index < -0.39 is 5.82 Å². The van der Waals surface area contributed by atoms with Crippen molar-refractivity contribution in [1.29, 1.82) is 0 Å². The number of aryl methyl sites for hydroxylation is 2. The lowest BCUT2D eigenvalue weighted by molar-refractivity contribution is 0.102. The Morgan fingerprint density at radius 3 is 2.78 bits per heavy atom. The fourth-order valence-electron chi connectivity index (χ4n) is 4.12. The van der Waals surface area contributed by atoms with Gasteiger partial charge in [0.25, 0.3) is 5.91 Å². The van der Waals surface area contributed by atoms with Crippen LogP contribution in [0.1, 0.15) is 41.1 Å². The molecule has 5 rings (SSSR count). The molecule has 0 fully saturated rings. The first-order valence-electron chi connectivity index (χ1n) is 10.6. The third-order valence-corrected chi connectivity index (χ3v) is 5.79. The molecule has 0 unspecified atom stereocenters. The molecule has 1 N–H and O–H groups in total. The summed E-state index contributed by atoms with van der Waals surface area (Å²) >= 11 is 0. The van der Waals surface area contributed by atoms with Gasteiger partial charge in [-0.2, -0.15) is 0 Å². The Labute approximate surface area is 183 Å². The maximum atomic E-state index is 14.7. The third-order valence-electron chi connectivity index (χ3n) is 5.79. The number of aromatic nitrogens is 4. The molecule has 8 heteroatoms. The highest BCUT2D eigenvalue weighted by Gasteiger charge is 2.20. The molecular formula is C24H21F2N5O. The Hall–Kier alpha value is -3.68. The van der Waals surface area contributed by atoms with Gasteiger partial charge in [-0.15, -0.1) is 10.2 Å². The van der Waals surface area contributed by atoms with Crippen LogP contribution in [-0.4, -0.2) is 25.7 Å². The van der Waals surface area contributed by atoms with Crippen LogP contribution < -0.4 is 5.32 Å². The van der Waals surface area contributed by atoms with Gasteiger partial charge in [-0.25, -0.2) is 8.78 Å². The standard InChI is InChI=1S/C24H21F2N5O/c1-14-18(11-15-6-7-16(25)12-21(15)27-14)24(32)28-17-8-9-20(26)19(13-17)23-30-29-22-5-3-2-4-10-31(22)23/h6-9,11-13H,2-5,10H2,1H3,(H,28,32). The number of fused-ring (bicyclic) bond motifs is 2. The van der Waals surface area contributed by atoms with E-state index in [1.165, 1.54) is 24.3 Å². The van der Waals surface area contributed by atoms with Crippen LogP contribution in [0, 0.1) is 18.6 Å². The summed E-state index contributed by atoms with van der Waals surface area (Å²) < 4.78 is 30.1. The lowest BCUT2D eigenvalue weighted by Gasteiger charge is -2.12. The molecule has 2 aromatic carbocycles. The van der Waals surface area contributed by atoms with Gasteiger partial charge in [0.15, 0.2) is 5.82 Å². The van der Waals surface area contributed by atoms with Gasteiger partial charge < -0.3 is 9.88 Å². The molecule has 1 aliphatic heterocycles. The second-order valence-electron chi connectivity index (χ2n) is 8.01. The molecule has 1 aliphatic rings. The van der Waals surface area contributed by atoms with Crippen LogP contribution in [0.15, 0.2) is 42.5 Å². The molecule has 0 spiro atoms. The molecule has 0 saturated heterocycles. The number of carbonyl (C=O) groups is 1. The van der Waals surface area contributed by atoms with E-state index in [1.54, 1.807) is 25.1 Å². The number of amides is 1. The van der Waals surface area contributed by atoms with E-state index in [0.29, 0.717) is 39.2 Å². The van der Waals surface area contributed by atoms with Crippen molar-refractivity contribution in [3.05, 3.63) is 71.2 Å². The normalized spacial score (nSPS) is 13.6. The van der Waals surface area contributed by atoms with Gasteiger partial charge in [-0.1, -0.05) is 6.42 Å². The number of hydrogen-bond acceptors (Lipinski definition) is 4. The highest BCUT2D eigenvalue weighted by atomic mass is 19.1. The minimum Gasteiger partial charge on any atom is -0.322 e. The van der Waals surface area contributed by atoms with Crippen molar-refractivity contribution < 1.29 is 13.6 Å². The van der Waals surface area contributed by atoms with Crippen molar-refractivity contribution in [2.24, 2.45) is 0 Å². The monoisotopic (exact) mass is 433 g/mol. The van der Waals surface area contributed by atoms with Gasteiger partial charge in [-0.3, -0.25) is 9.78 Å². The first-order chi connectivity index (χ1) is 15.5. The first-order valence-corrected chi connectivity index (χ1v) is 10.6. The Morgan fingerprint density at radius 2 is 1.91 bits per heavy atom. The Morgan fingerprint density at radius 1 is 1.03 bits per heavy atom. The van der Waals surface area contributed by atoms with Gasteiger partial charge in [0.05, 0.1) is 22.3 Å². The van der Waals surface area contributed by atoms with Gasteiger partial charge in [0, 0.05) is 30.1 Å². The predicted octanol–water partition coefficient (Wildman–Crippen LogP) is 5.06. The molecule has 0 saturated carbocycles. The Kier molecular flexibility index (Phi) is 5.13. The summed E-state index contributed by atoms with van der Waals surface area (Å²) in [6.07, 6.45) is 3.97. The van der Waals surface area contributed by atoms with Gasteiger partial charge >= 0.3 is 0 Å². The summed E-state index contributed by atoms with van der Waals surface area (Å²) in [5.41, 5.74) is 2.07. The van der Waals surface area contributed by atoms with Crippen LogP contribution in [0.4, 0.5) is 14.5 Å². The van der Waals surface area contributed by atoms with E-state index in [2.05, 4.69) is 20.5 Å². The average molecular weight is 433 g/mol. The minimum absolute atomic E-state index is 0.298. The number of benzene rings is 2. The average Bonchev–Trinajstić information content (AvgIpc) is 3.02. The molecule has 0 aliphatic carbocycles. The molecule has 0 atom stereocenters. The van der Waals surface area contributed by atoms with E-state index in [0.717, 1.165) is 38.1 Å². The summed E-state index contributed by atoms with van der Waals surface area (Å²) in [6.45, 7) is 2.44. The molecule has 0 bridgehead atoms. The van der Waals surface area contributed by atoms with Crippen LogP contribution >= 0.6 is 0 Å².